The van der Waals surface area contributed by atoms with Crippen LogP contribution >= 0.6 is 0 Å². The van der Waals surface area contributed by atoms with Crippen LogP contribution < -0.4 is 5.32 Å². The summed E-state index contributed by atoms with van der Waals surface area (Å²) in [7, 11) is 0. The number of aryl methyl sites for hydroxylation is 3. The van der Waals surface area contributed by atoms with Crippen molar-refractivity contribution in [1.29, 1.82) is 0 Å². The summed E-state index contributed by atoms with van der Waals surface area (Å²) >= 11 is 0. The van der Waals surface area contributed by atoms with E-state index in [1.54, 1.807) is 0 Å². The first-order chi connectivity index (χ1) is 16.1. The van der Waals surface area contributed by atoms with E-state index in [9.17, 15) is 14.7 Å². The first-order valence-corrected chi connectivity index (χ1v) is 12.6. The van der Waals surface area contributed by atoms with Gasteiger partial charge < -0.3 is 15.5 Å². The minimum absolute atomic E-state index is 0.173. The summed E-state index contributed by atoms with van der Waals surface area (Å²) in [5.41, 5.74) is 5.66. The molecule has 2 aromatic rings. The van der Waals surface area contributed by atoms with Crippen LogP contribution in [0.25, 0.3) is 0 Å². The molecule has 0 heterocycles. The topological polar surface area (TPSA) is 86.6 Å². The molecule has 1 fully saturated rings. The van der Waals surface area contributed by atoms with Gasteiger partial charge in [-0.2, -0.15) is 0 Å². The molecule has 0 radical (unpaired) electrons. The van der Waals surface area contributed by atoms with Crippen LogP contribution in [0.5, 0.6) is 0 Å². The Balaban J connectivity index is 1.86. The first kappa shape index (κ1) is 26.0. The molecule has 1 aliphatic carbocycles. The number of aliphatic carboxylic acids is 1. The second kappa shape index (κ2) is 10.7. The fourth-order valence-electron chi connectivity index (χ4n) is 5.62. The molecule has 1 amide bonds. The van der Waals surface area contributed by atoms with E-state index in [-0.39, 0.29) is 11.3 Å². The molecule has 3 rings (SSSR count). The van der Waals surface area contributed by atoms with Crippen molar-refractivity contribution in [2.45, 2.75) is 90.1 Å². The van der Waals surface area contributed by atoms with Gasteiger partial charge in [0.2, 0.25) is 0 Å². The molecule has 0 aliphatic heterocycles. The number of hydrogen-bond donors (Lipinski definition) is 3. The molecule has 1 saturated carbocycles. The van der Waals surface area contributed by atoms with Crippen molar-refractivity contribution < 1.29 is 19.8 Å². The van der Waals surface area contributed by atoms with Gasteiger partial charge in [-0.05, 0) is 86.3 Å². The Morgan fingerprint density at radius 2 is 1.56 bits per heavy atom. The highest BCUT2D eigenvalue weighted by molar-refractivity contribution is 5.97. The minimum atomic E-state index is -1.06. The number of benzene rings is 2. The molecular formula is C29H39NO4. The number of amides is 1. The Morgan fingerprint density at radius 1 is 0.971 bits per heavy atom. The monoisotopic (exact) mass is 465 g/mol. The Kier molecular flexibility index (Phi) is 8.19. The summed E-state index contributed by atoms with van der Waals surface area (Å²) in [6, 6.07) is 12.6. The lowest BCUT2D eigenvalue weighted by molar-refractivity contribution is -0.135. The van der Waals surface area contributed by atoms with Gasteiger partial charge in [-0.1, -0.05) is 57.0 Å². The maximum atomic E-state index is 12.4. The van der Waals surface area contributed by atoms with Gasteiger partial charge in [0.05, 0.1) is 5.60 Å². The highest BCUT2D eigenvalue weighted by Gasteiger charge is 2.33. The summed E-state index contributed by atoms with van der Waals surface area (Å²) in [4.78, 5) is 23.2. The molecule has 3 N–H and O–H groups in total. The summed E-state index contributed by atoms with van der Waals surface area (Å²) in [6.07, 6.45) is 7.66. The van der Waals surface area contributed by atoms with Gasteiger partial charge in [-0.25, -0.2) is 0 Å². The van der Waals surface area contributed by atoms with E-state index < -0.39 is 18.1 Å². The molecule has 5 heteroatoms. The van der Waals surface area contributed by atoms with Crippen molar-refractivity contribution in [3.05, 3.63) is 69.8 Å². The van der Waals surface area contributed by atoms with E-state index in [1.165, 1.54) is 16.7 Å². The molecule has 5 nitrogen and oxygen atoms in total. The number of aliphatic hydroxyl groups is 1. The van der Waals surface area contributed by atoms with Crippen LogP contribution in [-0.4, -0.2) is 34.2 Å². The van der Waals surface area contributed by atoms with Crippen molar-refractivity contribution >= 4 is 11.9 Å². The highest BCUT2D eigenvalue weighted by Crippen LogP contribution is 2.40. The third-order valence-corrected chi connectivity index (χ3v) is 7.92. The maximum Gasteiger partial charge on any atom is 0.322 e. The average molecular weight is 466 g/mol. The Labute approximate surface area is 203 Å². The van der Waals surface area contributed by atoms with Crippen molar-refractivity contribution in [3.8, 4) is 0 Å². The van der Waals surface area contributed by atoms with E-state index in [0.29, 0.717) is 5.56 Å². The molecule has 2 aromatic carbocycles. The van der Waals surface area contributed by atoms with Crippen molar-refractivity contribution in [2.75, 3.05) is 6.54 Å². The summed E-state index contributed by atoms with van der Waals surface area (Å²) < 4.78 is 0. The van der Waals surface area contributed by atoms with Crippen LogP contribution in [0.15, 0.2) is 36.4 Å². The van der Waals surface area contributed by atoms with Crippen LogP contribution in [-0.2, 0) is 16.6 Å². The predicted molar refractivity (Wildman–Crippen MR) is 135 cm³/mol. The molecule has 34 heavy (non-hydrogen) atoms. The maximum absolute atomic E-state index is 12.4. The zero-order valence-corrected chi connectivity index (χ0v) is 21.0. The summed E-state index contributed by atoms with van der Waals surface area (Å²) in [6.45, 7) is 8.07. The Morgan fingerprint density at radius 3 is 2.09 bits per heavy atom. The standard InChI is InChI=1S/C29H39NO4/c1-5-29(6-2,24-11-12-25(21(4)18-24)27(33)30-19-26(31)32)23-10-9-22(20(3)17-23)13-16-28(34)14-7-8-15-28/h9-12,17-18,34H,5-8,13-16,19H2,1-4H3,(H,30,33)(H,31,32). The van der Waals surface area contributed by atoms with E-state index in [2.05, 4.69) is 50.4 Å². The van der Waals surface area contributed by atoms with Crippen LogP contribution in [0.1, 0.15) is 97.0 Å². The van der Waals surface area contributed by atoms with Crippen molar-refractivity contribution in [3.63, 3.8) is 0 Å². The lowest BCUT2D eigenvalue weighted by Gasteiger charge is -2.34. The fourth-order valence-corrected chi connectivity index (χ4v) is 5.62. The minimum Gasteiger partial charge on any atom is -0.480 e. The second-order valence-corrected chi connectivity index (χ2v) is 9.97. The van der Waals surface area contributed by atoms with Crippen molar-refractivity contribution in [2.24, 2.45) is 0 Å². The lowest BCUT2D eigenvalue weighted by atomic mass is 9.69. The van der Waals surface area contributed by atoms with E-state index in [0.717, 1.165) is 62.5 Å². The molecule has 184 valence electrons. The quantitative estimate of drug-likeness (QED) is 0.435. The van der Waals surface area contributed by atoms with Gasteiger partial charge in [-0.3, -0.25) is 9.59 Å². The largest absolute Gasteiger partial charge is 0.480 e. The number of carboxylic acids is 1. The third kappa shape index (κ3) is 5.52. The molecule has 0 bridgehead atoms. The molecule has 0 atom stereocenters. The predicted octanol–water partition coefficient (Wildman–Crippen LogP) is 5.46. The van der Waals surface area contributed by atoms with E-state index >= 15 is 0 Å². The SMILES string of the molecule is CCC(CC)(c1ccc(CCC2(O)CCCC2)c(C)c1)c1ccc(C(=O)NCC(=O)O)c(C)c1. The van der Waals surface area contributed by atoms with Gasteiger partial charge >= 0.3 is 5.97 Å². The van der Waals surface area contributed by atoms with E-state index in [4.69, 9.17) is 5.11 Å². The Bertz CT molecular complexity index is 1030. The highest BCUT2D eigenvalue weighted by atomic mass is 16.4. The van der Waals surface area contributed by atoms with Gasteiger partial charge in [0, 0.05) is 11.0 Å². The number of carbonyl (C=O) groups is 2. The molecule has 0 unspecified atom stereocenters. The van der Waals surface area contributed by atoms with Crippen molar-refractivity contribution in [1.82, 2.24) is 5.32 Å². The number of hydrogen-bond acceptors (Lipinski definition) is 3. The number of nitrogens with one attached hydrogen (secondary N) is 1. The smallest absolute Gasteiger partial charge is 0.322 e. The number of carbonyl (C=O) groups excluding carboxylic acids is 1. The molecule has 1 aliphatic rings. The summed E-state index contributed by atoms with van der Waals surface area (Å²) in [5, 5.41) is 22.0. The van der Waals surface area contributed by atoms with Gasteiger partial charge in [-0.15, -0.1) is 0 Å². The first-order valence-electron chi connectivity index (χ1n) is 12.6. The lowest BCUT2D eigenvalue weighted by Crippen LogP contribution is -2.30. The average Bonchev–Trinajstić information content (AvgIpc) is 3.25. The van der Waals surface area contributed by atoms with Gasteiger partial charge in [0.25, 0.3) is 5.91 Å². The zero-order chi connectivity index (χ0) is 24.9. The molecular weight excluding hydrogens is 426 g/mol. The van der Waals surface area contributed by atoms with Crippen LogP contribution in [0.3, 0.4) is 0 Å². The molecule has 0 saturated heterocycles. The van der Waals surface area contributed by atoms with Gasteiger partial charge in [0.1, 0.15) is 6.54 Å². The van der Waals surface area contributed by atoms with Crippen LogP contribution in [0.2, 0.25) is 0 Å². The van der Waals surface area contributed by atoms with Crippen LogP contribution in [0, 0.1) is 13.8 Å². The van der Waals surface area contributed by atoms with Crippen LogP contribution in [0.4, 0.5) is 0 Å². The Hall–Kier alpha value is -2.66. The van der Waals surface area contributed by atoms with E-state index in [1.807, 2.05) is 19.1 Å². The number of rotatable bonds is 10. The second-order valence-electron chi connectivity index (χ2n) is 9.97. The third-order valence-electron chi connectivity index (χ3n) is 7.92. The summed E-state index contributed by atoms with van der Waals surface area (Å²) in [5.74, 6) is -1.43. The van der Waals surface area contributed by atoms with Gasteiger partial charge in [0.15, 0.2) is 0 Å². The normalized spacial score (nSPS) is 15.3. The zero-order valence-electron chi connectivity index (χ0n) is 21.0. The molecule has 0 aromatic heterocycles. The fraction of sp³-hybridized carbons (Fsp3) is 0.517. The number of carboxylic acid groups (broad SMARTS) is 1. The molecule has 0 spiro atoms.